The molecule has 37 heavy (non-hydrogen) atoms. The number of nitrogens with zero attached hydrogens (tertiary/aromatic N) is 4. The van der Waals surface area contributed by atoms with Gasteiger partial charge in [0.2, 0.25) is 0 Å². The highest BCUT2D eigenvalue weighted by Gasteiger charge is 2.34. The molecule has 5 rings (SSSR count). The first-order valence-corrected chi connectivity index (χ1v) is 11.5. The van der Waals surface area contributed by atoms with E-state index in [2.05, 4.69) is 30.7 Å². The Balaban J connectivity index is 1.56. The Kier molecular flexibility index (Phi) is 6.76. The molecule has 9 nitrogen and oxygen atoms in total. The number of fused-ring (bicyclic) bond motifs is 2. The van der Waals surface area contributed by atoms with Crippen LogP contribution in [0.4, 0.5) is 24.7 Å². The van der Waals surface area contributed by atoms with Crippen LogP contribution in [0.2, 0.25) is 0 Å². The first kappa shape index (κ1) is 24.7. The number of halogens is 3. The molecule has 3 aromatic heterocycles. The Labute approximate surface area is 210 Å². The topological polar surface area (TPSA) is 103 Å². The van der Waals surface area contributed by atoms with Gasteiger partial charge in [0.25, 0.3) is 0 Å². The number of aromatic nitrogens is 4. The fraction of sp³-hybridized carbons (Fsp3) is 0.280. The van der Waals surface area contributed by atoms with Crippen LogP contribution >= 0.6 is 0 Å². The van der Waals surface area contributed by atoms with E-state index in [0.717, 1.165) is 6.07 Å². The number of hydrogen-bond acceptors (Lipinski definition) is 9. The zero-order chi connectivity index (χ0) is 26.0. The molecule has 0 bridgehead atoms. The van der Waals surface area contributed by atoms with E-state index in [1.54, 1.807) is 24.3 Å². The van der Waals surface area contributed by atoms with Crippen molar-refractivity contribution < 1.29 is 27.5 Å². The number of hydrogen-bond donors (Lipinski definition) is 2. The third-order valence-corrected chi connectivity index (χ3v) is 5.32. The van der Waals surface area contributed by atoms with Crippen LogP contribution in [0.25, 0.3) is 22.4 Å². The van der Waals surface area contributed by atoms with Crippen molar-refractivity contribution in [2.45, 2.75) is 26.6 Å². The maximum atomic E-state index is 13.6. The van der Waals surface area contributed by atoms with Crippen molar-refractivity contribution in [2.24, 2.45) is 5.92 Å². The zero-order valence-electron chi connectivity index (χ0n) is 20.0. The van der Waals surface area contributed by atoms with E-state index >= 15 is 0 Å². The zero-order valence-corrected chi connectivity index (χ0v) is 20.0. The average Bonchev–Trinajstić information content (AvgIpc) is 2.87. The minimum absolute atomic E-state index is 0.0472. The van der Waals surface area contributed by atoms with Gasteiger partial charge in [-0.3, -0.25) is 4.98 Å². The van der Waals surface area contributed by atoms with Crippen LogP contribution in [-0.4, -0.2) is 33.3 Å². The molecule has 2 N–H and O–H groups in total. The summed E-state index contributed by atoms with van der Waals surface area (Å²) in [4.78, 5) is 22.8. The van der Waals surface area contributed by atoms with Crippen LogP contribution in [0.3, 0.4) is 0 Å². The number of pyridine rings is 2. The molecule has 0 saturated heterocycles. The van der Waals surface area contributed by atoms with Crippen molar-refractivity contribution in [2.75, 3.05) is 18.7 Å². The van der Waals surface area contributed by atoms with E-state index in [1.165, 1.54) is 18.3 Å². The highest BCUT2D eigenvalue weighted by molar-refractivity contribution is 5.90. The van der Waals surface area contributed by atoms with Gasteiger partial charge in [0.05, 0.1) is 16.6 Å². The summed E-state index contributed by atoms with van der Waals surface area (Å²) in [5.74, 6) is 2.13. The molecule has 1 aliphatic rings. The summed E-state index contributed by atoms with van der Waals surface area (Å²) in [6.45, 7) is 4.84. The Morgan fingerprint density at radius 1 is 1.08 bits per heavy atom. The number of benzene rings is 1. The molecule has 1 aromatic carbocycles. The fourth-order valence-corrected chi connectivity index (χ4v) is 3.70. The van der Waals surface area contributed by atoms with Crippen molar-refractivity contribution in [3.8, 4) is 22.9 Å². The van der Waals surface area contributed by atoms with E-state index in [4.69, 9.17) is 14.3 Å². The van der Waals surface area contributed by atoms with Gasteiger partial charge in [0.15, 0.2) is 29.7 Å². The minimum Gasteiger partial charge on any atom is -0.471 e. The molecule has 192 valence electrons. The lowest BCUT2D eigenvalue weighted by molar-refractivity contribution is -0.137. The third-order valence-electron chi connectivity index (χ3n) is 5.32. The summed E-state index contributed by atoms with van der Waals surface area (Å²) in [6, 6.07) is 10.6. The number of alkyl halides is 3. The number of nitrogens with one attached hydrogen (secondary N) is 2. The highest BCUT2D eigenvalue weighted by Crippen LogP contribution is 2.37. The van der Waals surface area contributed by atoms with E-state index < -0.39 is 11.7 Å². The molecule has 12 heteroatoms. The second-order valence-electron chi connectivity index (χ2n) is 8.68. The lowest BCUT2D eigenvalue weighted by Crippen LogP contribution is -2.28. The maximum Gasteiger partial charge on any atom is 0.418 e. The standard InChI is InChI=1S/C25H23F3N6O3/c1-14(2)11-35-12-21-33-23(31-15-5-8-19-20(10-15)36-13-30-37-19)16-6-7-18(32-24(16)34-21)22-17(25(26,27)28)4-3-9-29-22/h3-10,14,30H,11-13H2,1-2H3,(H,31,32,33,34). The average molecular weight is 512 g/mol. The lowest BCUT2D eigenvalue weighted by atomic mass is 10.1. The SMILES string of the molecule is CC(C)COCc1nc(Nc2ccc3c(c2)OCNO3)c2ccc(-c3ncccc3C(F)(F)F)nc2n1. The van der Waals surface area contributed by atoms with Gasteiger partial charge in [-0.2, -0.15) is 13.2 Å². The normalized spacial score (nSPS) is 13.2. The largest absolute Gasteiger partial charge is 0.471 e. The second-order valence-corrected chi connectivity index (χ2v) is 8.68. The number of ether oxygens (including phenoxy) is 2. The number of hydroxylamine groups is 1. The third kappa shape index (κ3) is 5.54. The first-order valence-electron chi connectivity index (χ1n) is 11.5. The molecule has 0 aliphatic carbocycles. The van der Waals surface area contributed by atoms with Gasteiger partial charge >= 0.3 is 6.18 Å². The molecule has 0 unspecified atom stereocenters. The van der Waals surface area contributed by atoms with Crippen molar-refractivity contribution in [3.63, 3.8) is 0 Å². The van der Waals surface area contributed by atoms with Crippen LogP contribution in [0.1, 0.15) is 25.2 Å². The first-order chi connectivity index (χ1) is 17.8. The number of rotatable bonds is 7. The predicted molar refractivity (Wildman–Crippen MR) is 129 cm³/mol. The molecule has 4 heterocycles. The van der Waals surface area contributed by atoms with E-state index in [1.807, 2.05) is 13.8 Å². The second kappa shape index (κ2) is 10.1. The molecule has 0 spiro atoms. The summed E-state index contributed by atoms with van der Waals surface area (Å²) >= 11 is 0. The van der Waals surface area contributed by atoms with Gasteiger partial charge < -0.3 is 19.6 Å². The van der Waals surface area contributed by atoms with Gasteiger partial charge in [-0.05, 0) is 42.3 Å². The molecule has 0 atom stereocenters. The van der Waals surface area contributed by atoms with E-state index in [9.17, 15) is 13.2 Å². The van der Waals surface area contributed by atoms with Crippen LogP contribution in [-0.2, 0) is 17.5 Å². The Hall–Kier alpha value is -4.03. The molecule has 1 aliphatic heterocycles. The van der Waals surface area contributed by atoms with Gasteiger partial charge in [0, 0.05) is 24.6 Å². The Morgan fingerprint density at radius 3 is 2.76 bits per heavy atom. The summed E-state index contributed by atoms with van der Waals surface area (Å²) in [7, 11) is 0. The molecule has 4 aromatic rings. The molecule has 0 amide bonds. The van der Waals surface area contributed by atoms with Gasteiger partial charge in [-0.15, -0.1) is 5.48 Å². The quantitative estimate of drug-likeness (QED) is 0.343. The van der Waals surface area contributed by atoms with Crippen LogP contribution < -0.4 is 20.4 Å². The molecule has 0 fully saturated rings. The maximum absolute atomic E-state index is 13.6. The monoisotopic (exact) mass is 512 g/mol. The van der Waals surface area contributed by atoms with Crippen LogP contribution in [0.15, 0.2) is 48.7 Å². The fourth-order valence-electron chi connectivity index (χ4n) is 3.70. The van der Waals surface area contributed by atoms with Gasteiger partial charge in [-0.1, -0.05) is 13.8 Å². The Bertz CT molecular complexity index is 1430. The smallest absolute Gasteiger partial charge is 0.418 e. The molecular weight excluding hydrogens is 489 g/mol. The summed E-state index contributed by atoms with van der Waals surface area (Å²) in [5.41, 5.74) is 2.40. The molecular formula is C25H23F3N6O3. The molecule has 0 radical (unpaired) electrons. The van der Waals surface area contributed by atoms with Crippen molar-refractivity contribution in [1.82, 2.24) is 25.4 Å². The Morgan fingerprint density at radius 2 is 1.95 bits per heavy atom. The summed E-state index contributed by atoms with van der Waals surface area (Å²) in [5, 5.41) is 3.74. The predicted octanol–water partition coefficient (Wildman–Crippen LogP) is 5.26. The van der Waals surface area contributed by atoms with E-state index in [0.29, 0.717) is 46.7 Å². The van der Waals surface area contributed by atoms with Gasteiger partial charge in [-0.25, -0.2) is 15.0 Å². The number of anilines is 2. The van der Waals surface area contributed by atoms with Crippen molar-refractivity contribution >= 4 is 22.5 Å². The van der Waals surface area contributed by atoms with Gasteiger partial charge in [0.1, 0.15) is 18.1 Å². The van der Waals surface area contributed by atoms with E-state index in [-0.39, 0.29) is 30.4 Å². The molecule has 0 saturated carbocycles. The minimum atomic E-state index is -4.58. The van der Waals surface area contributed by atoms with Crippen LogP contribution in [0, 0.1) is 5.92 Å². The van der Waals surface area contributed by atoms with Crippen molar-refractivity contribution in [1.29, 1.82) is 0 Å². The highest BCUT2D eigenvalue weighted by atomic mass is 19.4. The summed E-state index contributed by atoms with van der Waals surface area (Å²) < 4.78 is 52.1. The lowest BCUT2D eigenvalue weighted by Gasteiger charge is -2.19. The van der Waals surface area contributed by atoms with Crippen LogP contribution in [0.5, 0.6) is 11.5 Å². The summed E-state index contributed by atoms with van der Waals surface area (Å²) in [6.07, 6.45) is -3.28. The van der Waals surface area contributed by atoms with Crippen molar-refractivity contribution in [3.05, 3.63) is 60.0 Å².